The summed E-state index contributed by atoms with van der Waals surface area (Å²) in [4.78, 5) is 10.3. The van der Waals surface area contributed by atoms with Gasteiger partial charge in [-0.05, 0) is 11.6 Å². The lowest BCUT2D eigenvalue weighted by atomic mass is 10.1. The first kappa shape index (κ1) is 8.40. The molecule has 0 aliphatic heterocycles. The second kappa shape index (κ2) is 3.62. The smallest absolute Gasteiger partial charge is 0.153 e. The number of rotatable bonds is 2. The molecule has 0 aliphatic rings. The summed E-state index contributed by atoms with van der Waals surface area (Å²) in [5.41, 5.74) is 0.823. The molecule has 0 unspecified atom stereocenters. The molecule has 1 rings (SSSR count). The summed E-state index contributed by atoms with van der Waals surface area (Å²) in [7, 11) is 0. The van der Waals surface area contributed by atoms with Crippen LogP contribution in [0.2, 0.25) is 0 Å². The van der Waals surface area contributed by atoms with Gasteiger partial charge in [0.25, 0.3) is 0 Å². The summed E-state index contributed by atoms with van der Waals surface area (Å²) in [6.45, 7) is 0. The second-order valence-corrected chi connectivity index (χ2v) is 2.62. The van der Waals surface area contributed by atoms with Crippen LogP contribution in [0.25, 0.3) is 0 Å². The van der Waals surface area contributed by atoms with Gasteiger partial charge in [-0.15, -0.1) is 0 Å². The van der Waals surface area contributed by atoms with Crippen LogP contribution in [-0.4, -0.2) is 6.29 Å². The van der Waals surface area contributed by atoms with Crippen LogP contribution in [0.1, 0.15) is 15.9 Å². The van der Waals surface area contributed by atoms with E-state index in [9.17, 15) is 9.18 Å². The van der Waals surface area contributed by atoms with Crippen LogP contribution in [-0.2, 0) is 5.33 Å². The van der Waals surface area contributed by atoms with Crippen molar-refractivity contribution in [3.8, 4) is 0 Å². The number of hydrogen-bond acceptors (Lipinski definition) is 1. The summed E-state index contributed by atoms with van der Waals surface area (Å²) in [6.07, 6.45) is 0.534. The molecule has 0 N–H and O–H groups in total. The molecule has 0 aliphatic carbocycles. The van der Waals surface area contributed by atoms with Crippen LogP contribution in [0.15, 0.2) is 18.2 Å². The Morgan fingerprint density at radius 2 is 2.27 bits per heavy atom. The highest BCUT2D eigenvalue weighted by Gasteiger charge is 2.04. The molecule has 1 aromatic carbocycles. The predicted molar refractivity (Wildman–Crippen MR) is 44.4 cm³/mol. The molecular weight excluding hydrogens is 211 g/mol. The van der Waals surface area contributed by atoms with Gasteiger partial charge in [-0.25, -0.2) is 4.39 Å². The zero-order valence-corrected chi connectivity index (χ0v) is 7.27. The number of aldehydes is 1. The Hall–Kier alpha value is -0.700. The van der Waals surface area contributed by atoms with E-state index in [1.165, 1.54) is 6.07 Å². The van der Waals surface area contributed by atoms with Crippen molar-refractivity contribution in [3.05, 3.63) is 35.1 Å². The normalized spacial score (nSPS) is 9.64. The van der Waals surface area contributed by atoms with Gasteiger partial charge in [0.15, 0.2) is 6.29 Å². The van der Waals surface area contributed by atoms with Crippen molar-refractivity contribution in [3.63, 3.8) is 0 Å². The molecule has 0 saturated carbocycles. The third-order valence-electron chi connectivity index (χ3n) is 1.41. The van der Waals surface area contributed by atoms with E-state index in [1.54, 1.807) is 12.1 Å². The molecule has 0 fully saturated rings. The molecule has 1 nitrogen and oxygen atoms in total. The van der Waals surface area contributed by atoms with Gasteiger partial charge in [-0.2, -0.15) is 0 Å². The first-order chi connectivity index (χ1) is 5.29. The van der Waals surface area contributed by atoms with Crippen LogP contribution in [0.4, 0.5) is 4.39 Å². The lowest BCUT2D eigenvalue weighted by Crippen LogP contribution is -1.93. The van der Waals surface area contributed by atoms with Crippen molar-refractivity contribution in [2.45, 2.75) is 5.33 Å². The number of halogens is 2. The highest BCUT2D eigenvalue weighted by molar-refractivity contribution is 9.08. The summed E-state index contributed by atoms with van der Waals surface area (Å²) in [6, 6.07) is 4.57. The first-order valence-corrected chi connectivity index (χ1v) is 4.20. The van der Waals surface area contributed by atoms with Crippen LogP contribution in [0.3, 0.4) is 0 Å². The van der Waals surface area contributed by atoms with E-state index in [2.05, 4.69) is 15.9 Å². The van der Waals surface area contributed by atoms with Crippen molar-refractivity contribution >= 4 is 22.2 Å². The summed E-state index contributed by atoms with van der Waals surface area (Å²) in [5.74, 6) is -0.461. The third-order valence-corrected chi connectivity index (χ3v) is 2.01. The largest absolute Gasteiger partial charge is 0.298 e. The Morgan fingerprint density at radius 3 is 2.73 bits per heavy atom. The van der Waals surface area contributed by atoms with E-state index >= 15 is 0 Å². The van der Waals surface area contributed by atoms with Crippen molar-refractivity contribution < 1.29 is 9.18 Å². The Balaban J connectivity index is 3.24. The minimum atomic E-state index is -0.461. The highest BCUT2D eigenvalue weighted by Crippen LogP contribution is 2.13. The molecule has 11 heavy (non-hydrogen) atoms. The maximum Gasteiger partial charge on any atom is 0.153 e. The van der Waals surface area contributed by atoms with Gasteiger partial charge in [-0.1, -0.05) is 28.1 Å². The first-order valence-electron chi connectivity index (χ1n) is 3.08. The number of carbonyl (C=O) groups is 1. The van der Waals surface area contributed by atoms with Crippen LogP contribution < -0.4 is 0 Å². The summed E-state index contributed by atoms with van der Waals surface area (Å²) in [5, 5.41) is 0.499. The van der Waals surface area contributed by atoms with E-state index in [4.69, 9.17) is 0 Å². The maximum absolute atomic E-state index is 12.8. The number of carbonyl (C=O) groups excluding carboxylic acids is 1. The molecule has 3 heteroatoms. The van der Waals surface area contributed by atoms with Crippen LogP contribution >= 0.6 is 15.9 Å². The number of alkyl halides is 1. The molecule has 0 spiro atoms. The Bertz CT molecular complexity index is 273. The standard InChI is InChI=1S/C8H6BrFO/c9-4-6-2-1-3-8(10)7(6)5-11/h1-3,5H,4H2. The fourth-order valence-corrected chi connectivity index (χ4v) is 1.32. The zero-order chi connectivity index (χ0) is 8.27. The van der Waals surface area contributed by atoms with Crippen molar-refractivity contribution in [2.75, 3.05) is 0 Å². The third kappa shape index (κ3) is 1.66. The molecule has 58 valence electrons. The highest BCUT2D eigenvalue weighted by atomic mass is 79.9. The molecule has 0 heterocycles. The van der Waals surface area contributed by atoms with E-state index in [-0.39, 0.29) is 5.56 Å². The average Bonchev–Trinajstić information content (AvgIpc) is 2.04. The van der Waals surface area contributed by atoms with Gasteiger partial charge in [0.1, 0.15) is 5.82 Å². The molecule has 0 amide bonds. The summed E-state index contributed by atoms with van der Waals surface area (Å²) >= 11 is 3.16. The van der Waals surface area contributed by atoms with E-state index in [0.29, 0.717) is 17.2 Å². The Labute approximate surface area is 72.4 Å². The Morgan fingerprint density at radius 1 is 1.55 bits per heavy atom. The van der Waals surface area contributed by atoms with Crippen molar-refractivity contribution in [2.24, 2.45) is 0 Å². The molecule has 0 saturated heterocycles. The van der Waals surface area contributed by atoms with Gasteiger partial charge < -0.3 is 0 Å². The molecule has 0 radical (unpaired) electrons. The Kier molecular flexibility index (Phi) is 2.76. The lowest BCUT2D eigenvalue weighted by Gasteiger charge is -1.99. The predicted octanol–water partition coefficient (Wildman–Crippen LogP) is 2.53. The maximum atomic E-state index is 12.8. The van der Waals surface area contributed by atoms with Crippen LogP contribution in [0.5, 0.6) is 0 Å². The topological polar surface area (TPSA) is 17.1 Å². The molecular formula is C8H6BrFO. The fourth-order valence-electron chi connectivity index (χ4n) is 0.830. The zero-order valence-electron chi connectivity index (χ0n) is 5.68. The van der Waals surface area contributed by atoms with Gasteiger partial charge >= 0.3 is 0 Å². The monoisotopic (exact) mass is 216 g/mol. The van der Waals surface area contributed by atoms with Gasteiger partial charge in [-0.3, -0.25) is 4.79 Å². The quantitative estimate of drug-likeness (QED) is 0.549. The van der Waals surface area contributed by atoms with E-state index in [0.717, 1.165) is 0 Å². The van der Waals surface area contributed by atoms with Gasteiger partial charge in [0, 0.05) is 5.33 Å². The molecule has 0 aromatic heterocycles. The molecule has 0 atom stereocenters. The molecule has 1 aromatic rings. The van der Waals surface area contributed by atoms with Gasteiger partial charge in [0.2, 0.25) is 0 Å². The fraction of sp³-hybridized carbons (Fsp3) is 0.125. The van der Waals surface area contributed by atoms with Crippen molar-refractivity contribution in [1.29, 1.82) is 0 Å². The number of benzene rings is 1. The van der Waals surface area contributed by atoms with Gasteiger partial charge in [0.05, 0.1) is 5.56 Å². The lowest BCUT2D eigenvalue weighted by molar-refractivity contribution is 0.111. The minimum Gasteiger partial charge on any atom is -0.298 e. The van der Waals surface area contributed by atoms with Crippen molar-refractivity contribution in [1.82, 2.24) is 0 Å². The second-order valence-electron chi connectivity index (χ2n) is 2.06. The van der Waals surface area contributed by atoms with Crippen LogP contribution in [0, 0.1) is 5.82 Å². The minimum absolute atomic E-state index is 0.143. The SMILES string of the molecule is O=Cc1c(F)cccc1CBr. The van der Waals surface area contributed by atoms with E-state index in [1.807, 2.05) is 0 Å². The molecule has 0 bridgehead atoms. The summed E-state index contributed by atoms with van der Waals surface area (Å²) < 4.78 is 12.8. The number of hydrogen-bond donors (Lipinski definition) is 0. The van der Waals surface area contributed by atoms with E-state index < -0.39 is 5.82 Å². The average molecular weight is 217 g/mol.